The number of carbonyl (C=O) groups is 4. The average Bonchev–Trinajstić information content (AvgIpc) is 3.24. The van der Waals surface area contributed by atoms with Gasteiger partial charge in [-0.2, -0.15) is 0 Å². The van der Waals surface area contributed by atoms with E-state index in [0.717, 1.165) is 76.2 Å². The molecule has 3 saturated carbocycles. The first-order valence-corrected chi connectivity index (χ1v) is 16.8. The summed E-state index contributed by atoms with van der Waals surface area (Å²) in [5.74, 6) is -0.706. The van der Waals surface area contributed by atoms with Crippen LogP contribution < -0.4 is 0 Å². The lowest BCUT2D eigenvalue weighted by Crippen LogP contribution is -2.63. The zero-order chi connectivity index (χ0) is 30.5. The Kier molecular flexibility index (Phi) is 10.8. The first-order valence-electron chi connectivity index (χ1n) is 16.8. The minimum absolute atomic E-state index is 0.000251. The van der Waals surface area contributed by atoms with E-state index in [1.807, 2.05) is 13.0 Å². The number of ketones is 2. The van der Waals surface area contributed by atoms with E-state index in [9.17, 15) is 24.3 Å². The third-order valence-corrected chi connectivity index (χ3v) is 11.6. The third-order valence-electron chi connectivity index (χ3n) is 11.6. The van der Waals surface area contributed by atoms with Crippen LogP contribution in [0, 0.1) is 28.6 Å². The number of aliphatic hydroxyl groups excluding tert-OH is 1. The highest BCUT2D eigenvalue weighted by atomic mass is 16.6. The van der Waals surface area contributed by atoms with Crippen molar-refractivity contribution in [2.24, 2.45) is 28.6 Å². The molecule has 4 aliphatic rings. The Labute approximate surface area is 252 Å². The van der Waals surface area contributed by atoms with E-state index in [1.165, 1.54) is 0 Å². The first-order chi connectivity index (χ1) is 20.0. The minimum Gasteiger partial charge on any atom is -0.457 e. The topological polar surface area (TPSA) is 107 Å². The molecule has 236 valence electrons. The number of unbranched alkanes of at least 4 members (excludes halogenated alkanes) is 6. The average molecular weight is 587 g/mol. The van der Waals surface area contributed by atoms with Gasteiger partial charge < -0.3 is 14.6 Å². The molecule has 42 heavy (non-hydrogen) atoms. The van der Waals surface area contributed by atoms with Crippen LogP contribution in [0.5, 0.6) is 0 Å². The molecule has 7 heteroatoms. The number of esters is 2. The van der Waals surface area contributed by atoms with Crippen molar-refractivity contribution in [3.63, 3.8) is 0 Å². The fourth-order valence-corrected chi connectivity index (χ4v) is 9.33. The highest BCUT2D eigenvalue weighted by Gasteiger charge is 2.70. The fourth-order valence-electron chi connectivity index (χ4n) is 9.33. The van der Waals surface area contributed by atoms with Crippen molar-refractivity contribution in [3.8, 4) is 0 Å². The van der Waals surface area contributed by atoms with Gasteiger partial charge in [-0.15, -0.1) is 0 Å². The SMILES string of the molecule is CCCCCCC(=O)OCC(=O)C1(OC(=O)CCCCCC)CCC2C3CCC4=CC(=O)CCC4(C)C3C(O)CC21C. The second-order valence-electron chi connectivity index (χ2n) is 14.1. The number of Topliss-reactive ketones (excluding diaryl/α,β-unsaturated/α-hetero) is 1. The first kappa shape index (κ1) is 32.9. The predicted octanol–water partition coefficient (Wildman–Crippen LogP) is 6.82. The molecule has 0 saturated heterocycles. The van der Waals surface area contributed by atoms with E-state index in [-0.39, 0.29) is 53.5 Å². The summed E-state index contributed by atoms with van der Waals surface area (Å²) in [6, 6.07) is 0. The molecule has 7 unspecified atom stereocenters. The van der Waals surface area contributed by atoms with Gasteiger partial charge >= 0.3 is 11.9 Å². The predicted molar refractivity (Wildman–Crippen MR) is 160 cm³/mol. The largest absolute Gasteiger partial charge is 0.457 e. The molecule has 0 aromatic carbocycles. The number of aliphatic hydroxyl groups is 1. The number of hydrogen-bond acceptors (Lipinski definition) is 7. The van der Waals surface area contributed by atoms with Crippen LogP contribution in [0.25, 0.3) is 0 Å². The minimum atomic E-state index is -1.42. The van der Waals surface area contributed by atoms with Gasteiger partial charge in [-0.05, 0) is 80.6 Å². The molecule has 0 radical (unpaired) electrons. The molecule has 0 aliphatic heterocycles. The monoisotopic (exact) mass is 586 g/mol. The summed E-state index contributed by atoms with van der Waals surface area (Å²) in [5, 5.41) is 11.8. The van der Waals surface area contributed by atoms with E-state index in [4.69, 9.17) is 9.47 Å². The van der Waals surface area contributed by atoms with Gasteiger partial charge in [0.25, 0.3) is 0 Å². The fraction of sp³-hybridized carbons (Fsp3) is 0.829. The van der Waals surface area contributed by atoms with Crippen LogP contribution in [0.2, 0.25) is 0 Å². The zero-order valence-electron chi connectivity index (χ0n) is 26.5. The summed E-state index contributed by atoms with van der Waals surface area (Å²) >= 11 is 0. The molecular weight excluding hydrogens is 532 g/mol. The normalized spacial score (nSPS) is 35.5. The van der Waals surface area contributed by atoms with Gasteiger partial charge in [0.05, 0.1) is 6.10 Å². The Balaban J connectivity index is 1.57. The van der Waals surface area contributed by atoms with Crippen LogP contribution in [0.15, 0.2) is 11.6 Å². The smallest absolute Gasteiger partial charge is 0.306 e. The molecule has 0 heterocycles. The van der Waals surface area contributed by atoms with Gasteiger partial charge in [-0.1, -0.05) is 71.8 Å². The standard InChI is InChI=1S/C35H54O7/c1-5-7-9-11-13-30(39)41-23-29(38)35(42-31(40)14-12-10-8-6-2)20-18-27-26-16-15-24-21-25(36)17-19-33(24,3)32(26)28(37)22-34(27,35)4/h21,26-28,32,37H,5-20,22-23H2,1-4H3. The van der Waals surface area contributed by atoms with E-state index < -0.39 is 29.7 Å². The highest BCUT2D eigenvalue weighted by molar-refractivity contribution is 5.93. The van der Waals surface area contributed by atoms with Gasteiger partial charge in [0.1, 0.15) is 0 Å². The van der Waals surface area contributed by atoms with Crippen molar-refractivity contribution in [3.05, 3.63) is 11.6 Å². The molecule has 4 aliphatic carbocycles. The summed E-state index contributed by atoms with van der Waals surface area (Å²) in [7, 11) is 0. The Morgan fingerprint density at radius 1 is 0.905 bits per heavy atom. The van der Waals surface area contributed by atoms with Gasteiger partial charge in [0, 0.05) is 24.7 Å². The van der Waals surface area contributed by atoms with Crippen LogP contribution in [0.3, 0.4) is 0 Å². The van der Waals surface area contributed by atoms with E-state index in [1.54, 1.807) is 0 Å². The summed E-state index contributed by atoms with van der Waals surface area (Å²) in [5.41, 5.74) is -1.27. The Morgan fingerprint density at radius 2 is 1.57 bits per heavy atom. The Bertz CT molecular complexity index is 1050. The molecule has 7 nitrogen and oxygen atoms in total. The van der Waals surface area contributed by atoms with Crippen LogP contribution in [0.4, 0.5) is 0 Å². The van der Waals surface area contributed by atoms with Crippen molar-refractivity contribution in [2.75, 3.05) is 6.61 Å². The summed E-state index contributed by atoms with van der Waals surface area (Å²) in [4.78, 5) is 52.2. The molecule has 4 rings (SSSR count). The van der Waals surface area contributed by atoms with Gasteiger partial charge in [-0.25, -0.2) is 0 Å². The molecular formula is C35H54O7. The van der Waals surface area contributed by atoms with Crippen molar-refractivity contribution >= 4 is 23.5 Å². The molecule has 1 N–H and O–H groups in total. The summed E-state index contributed by atoms with van der Waals surface area (Å²) in [6.45, 7) is 8.05. The van der Waals surface area contributed by atoms with Crippen molar-refractivity contribution in [2.45, 2.75) is 149 Å². The highest BCUT2D eigenvalue weighted by Crippen LogP contribution is 2.68. The molecule has 0 aromatic heterocycles. The summed E-state index contributed by atoms with van der Waals surface area (Å²) < 4.78 is 11.8. The van der Waals surface area contributed by atoms with E-state index in [2.05, 4.69) is 20.8 Å². The number of allylic oxidation sites excluding steroid dienone is 1. The van der Waals surface area contributed by atoms with Gasteiger partial charge in [0.15, 0.2) is 18.0 Å². The van der Waals surface area contributed by atoms with Crippen molar-refractivity contribution in [1.82, 2.24) is 0 Å². The van der Waals surface area contributed by atoms with Gasteiger partial charge in [0.2, 0.25) is 5.78 Å². The lowest BCUT2D eigenvalue weighted by Gasteiger charge is -2.60. The maximum Gasteiger partial charge on any atom is 0.306 e. The number of ether oxygens (including phenoxy) is 2. The lowest BCUT2D eigenvalue weighted by molar-refractivity contribution is -0.203. The zero-order valence-corrected chi connectivity index (χ0v) is 26.5. The van der Waals surface area contributed by atoms with Crippen LogP contribution in [-0.4, -0.2) is 46.9 Å². The van der Waals surface area contributed by atoms with Crippen molar-refractivity contribution < 1.29 is 33.8 Å². The molecule has 3 fully saturated rings. The Hall–Kier alpha value is -2.02. The maximum absolute atomic E-state index is 14.1. The molecule has 0 spiro atoms. The third kappa shape index (κ3) is 6.27. The second kappa shape index (κ2) is 13.7. The van der Waals surface area contributed by atoms with E-state index >= 15 is 0 Å². The van der Waals surface area contributed by atoms with Crippen LogP contribution in [0.1, 0.15) is 137 Å². The summed E-state index contributed by atoms with van der Waals surface area (Å²) in [6.07, 6.45) is 13.6. The van der Waals surface area contributed by atoms with Crippen LogP contribution >= 0.6 is 0 Å². The van der Waals surface area contributed by atoms with Crippen LogP contribution in [-0.2, 0) is 28.7 Å². The Morgan fingerprint density at radius 3 is 2.24 bits per heavy atom. The quantitative estimate of drug-likeness (QED) is 0.176. The number of rotatable bonds is 14. The molecule has 7 atom stereocenters. The molecule has 0 amide bonds. The number of fused-ring (bicyclic) bond motifs is 5. The van der Waals surface area contributed by atoms with Gasteiger partial charge in [-0.3, -0.25) is 19.2 Å². The van der Waals surface area contributed by atoms with E-state index in [0.29, 0.717) is 25.7 Å². The molecule has 0 bridgehead atoms. The number of carbonyl (C=O) groups excluding carboxylic acids is 4. The maximum atomic E-state index is 14.1. The number of hydrogen-bond donors (Lipinski definition) is 1. The lowest BCUT2D eigenvalue weighted by atomic mass is 9.45. The van der Waals surface area contributed by atoms with Crippen molar-refractivity contribution in [1.29, 1.82) is 0 Å². The molecule has 0 aromatic rings. The second-order valence-corrected chi connectivity index (χ2v) is 14.1.